The summed E-state index contributed by atoms with van der Waals surface area (Å²) in [5.74, 6) is 0.0302. The molecule has 3 saturated heterocycles. The van der Waals surface area contributed by atoms with Crippen LogP contribution in [0.4, 0.5) is 10.5 Å². The van der Waals surface area contributed by atoms with Gasteiger partial charge in [-0.3, -0.25) is 14.6 Å². The van der Waals surface area contributed by atoms with Gasteiger partial charge in [-0.1, -0.05) is 43.3 Å². The van der Waals surface area contributed by atoms with Crippen molar-refractivity contribution in [2.45, 2.75) is 51.1 Å². The monoisotopic (exact) mass is 434 g/mol. The lowest BCUT2D eigenvalue weighted by atomic mass is 10.0. The number of benzene rings is 2. The number of fused-ring (bicyclic) bond motifs is 2. The van der Waals surface area contributed by atoms with Crippen LogP contribution in [-0.4, -0.2) is 78.0 Å². The van der Waals surface area contributed by atoms with E-state index >= 15 is 0 Å². The molecule has 0 spiro atoms. The van der Waals surface area contributed by atoms with E-state index in [1.54, 1.807) is 4.90 Å². The van der Waals surface area contributed by atoms with E-state index in [9.17, 15) is 9.59 Å². The quantitative estimate of drug-likeness (QED) is 0.489. The molecule has 2 unspecified atom stereocenters. The molecule has 5 rings (SSSR count). The van der Waals surface area contributed by atoms with Crippen molar-refractivity contribution in [3.8, 4) is 0 Å². The van der Waals surface area contributed by atoms with Gasteiger partial charge in [-0.05, 0) is 50.1 Å². The fourth-order valence-electron chi connectivity index (χ4n) is 5.75. The van der Waals surface area contributed by atoms with Crippen LogP contribution in [0.5, 0.6) is 0 Å². The average molecular weight is 435 g/mol. The first-order chi connectivity index (χ1) is 15.7. The molecule has 0 saturated carbocycles. The van der Waals surface area contributed by atoms with E-state index in [0.29, 0.717) is 12.6 Å². The SMILES string of the molecule is CCC1CN(c2cccc3ccccc23)CCN1CCCCN1C(=O)C2CCCN2C1=O. The number of carbonyl (C=O) groups is 2. The molecule has 0 aromatic heterocycles. The Hall–Kier alpha value is -2.60. The van der Waals surface area contributed by atoms with Gasteiger partial charge in [0.15, 0.2) is 0 Å². The largest absolute Gasteiger partial charge is 0.368 e. The molecule has 2 aromatic rings. The summed E-state index contributed by atoms with van der Waals surface area (Å²) in [6.07, 6.45) is 4.82. The molecule has 6 heteroatoms. The van der Waals surface area contributed by atoms with Gasteiger partial charge in [0.05, 0.1) is 0 Å². The van der Waals surface area contributed by atoms with E-state index in [4.69, 9.17) is 0 Å². The van der Waals surface area contributed by atoms with Crippen LogP contribution in [0.15, 0.2) is 42.5 Å². The second-order valence-electron chi connectivity index (χ2n) is 9.37. The van der Waals surface area contributed by atoms with Gasteiger partial charge in [-0.15, -0.1) is 0 Å². The molecule has 2 atom stereocenters. The third-order valence-electron chi connectivity index (χ3n) is 7.54. The van der Waals surface area contributed by atoms with Gasteiger partial charge in [-0.25, -0.2) is 4.79 Å². The Labute approximate surface area is 190 Å². The van der Waals surface area contributed by atoms with Crippen molar-refractivity contribution < 1.29 is 9.59 Å². The van der Waals surface area contributed by atoms with Gasteiger partial charge in [-0.2, -0.15) is 0 Å². The number of piperazine rings is 1. The molecule has 6 nitrogen and oxygen atoms in total. The number of rotatable bonds is 7. The highest BCUT2D eigenvalue weighted by Gasteiger charge is 2.46. The summed E-state index contributed by atoms with van der Waals surface area (Å²) in [6, 6.07) is 15.5. The van der Waals surface area contributed by atoms with Crippen molar-refractivity contribution in [3.63, 3.8) is 0 Å². The molecular weight excluding hydrogens is 400 g/mol. The molecule has 0 N–H and O–H groups in total. The normalized spacial score (nSPS) is 24.1. The highest BCUT2D eigenvalue weighted by Crippen LogP contribution is 2.30. The number of anilines is 1. The minimum absolute atomic E-state index is 0.0302. The van der Waals surface area contributed by atoms with E-state index in [2.05, 4.69) is 59.2 Å². The second-order valence-corrected chi connectivity index (χ2v) is 9.37. The maximum Gasteiger partial charge on any atom is 0.327 e. The van der Waals surface area contributed by atoms with Crippen molar-refractivity contribution in [1.29, 1.82) is 0 Å². The van der Waals surface area contributed by atoms with Gasteiger partial charge in [0.2, 0.25) is 0 Å². The predicted molar refractivity (Wildman–Crippen MR) is 128 cm³/mol. The average Bonchev–Trinajstić information content (AvgIpc) is 3.40. The number of unbranched alkanes of at least 4 members (excludes halogenated alkanes) is 1. The number of nitrogens with zero attached hydrogens (tertiary/aromatic N) is 4. The zero-order valence-electron chi connectivity index (χ0n) is 19.1. The van der Waals surface area contributed by atoms with Crippen LogP contribution in [0.25, 0.3) is 10.8 Å². The van der Waals surface area contributed by atoms with Crippen LogP contribution in [-0.2, 0) is 4.79 Å². The topological polar surface area (TPSA) is 47.1 Å². The second kappa shape index (κ2) is 9.10. The summed E-state index contributed by atoms with van der Waals surface area (Å²) in [6.45, 7) is 7.75. The molecule has 0 bridgehead atoms. The van der Waals surface area contributed by atoms with Gasteiger partial charge in [0.1, 0.15) is 6.04 Å². The van der Waals surface area contributed by atoms with E-state index < -0.39 is 0 Å². The fourth-order valence-corrected chi connectivity index (χ4v) is 5.75. The standard InChI is InChI=1S/C26H34N4O2/c1-2-21-19-28(23-12-7-10-20-9-3-4-11-22(20)23)18-17-27(21)14-5-6-15-30-25(31)24-13-8-16-29(24)26(30)32/h3-4,7,9-12,21,24H,2,5-6,8,13-19H2,1H3. The number of urea groups is 1. The highest BCUT2D eigenvalue weighted by molar-refractivity contribution is 6.04. The first-order valence-electron chi connectivity index (χ1n) is 12.3. The van der Waals surface area contributed by atoms with E-state index in [0.717, 1.165) is 64.8 Å². The summed E-state index contributed by atoms with van der Waals surface area (Å²) in [5.41, 5.74) is 1.34. The molecule has 32 heavy (non-hydrogen) atoms. The summed E-state index contributed by atoms with van der Waals surface area (Å²) in [5, 5.41) is 2.63. The number of hydrogen-bond donors (Lipinski definition) is 0. The lowest BCUT2D eigenvalue weighted by molar-refractivity contribution is -0.128. The number of amides is 3. The zero-order valence-corrected chi connectivity index (χ0v) is 19.1. The Bertz CT molecular complexity index is 965. The third-order valence-corrected chi connectivity index (χ3v) is 7.54. The number of imide groups is 1. The molecule has 3 heterocycles. The first kappa shape index (κ1) is 21.3. The Morgan fingerprint density at radius 2 is 1.75 bits per heavy atom. The van der Waals surface area contributed by atoms with Crippen molar-refractivity contribution in [1.82, 2.24) is 14.7 Å². The number of carbonyl (C=O) groups excluding carboxylic acids is 2. The summed E-state index contributed by atoms with van der Waals surface area (Å²) < 4.78 is 0. The summed E-state index contributed by atoms with van der Waals surface area (Å²) in [7, 11) is 0. The molecule has 3 aliphatic rings. The minimum atomic E-state index is -0.172. The molecule has 3 aliphatic heterocycles. The fraction of sp³-hybridized carbons (Fsp3) is 0.538. The van der Waals surface area contributed by atoms with Crippen molar-refractivity contribution >= 4 is 28.4 Å². The minimum Gasteiger partial charge on any atom is -0.368 e. The first-order valence-corrected chi connectivity index (χ1v) is 12.3. The molecular formula is C26H34N4O2. The van der Waals surface area contributed by atoms with E-state index in [1.165, 1.54) is 21.4 Å². The molecule has 3 amide bonds. The Kier molecular flexibility index (Phi) is 6.05. The summed E-state index contributed by atoms with van der Waals surface area (Å²) in [4.78, 5) is 33.4. The van der Waals surface area contributed by atoms with Crippen LogP contribution in [0.1, 0.15) is 39.0 Å². The summed E-state index contributed by atoms with van der Waals surface area (Å²) >= 11 is 0. The van der Waals surface area contributed by atoms with Crippen molar-refractivity contribution in [3.05, 3.63) is 42.5 Å². The maximum absolute atomic E-state index is 12.5. The Morgan fingerprint density at radius 3 is 2.59 bits per heavy atom. The maximum atomic E-state index is 12.5. The number of hydrogen-bond acceptors (Lipinski definition) is 4. The molecule has 0 aliphatic carbocycles. The third kappa shape index (κ3) is 3.85. The lowest BCUT2D eigenvalue weighted by Crippen LogP contribution is -2.53. The predicted octanol–water partition coefficient (Wildman–Crippen LogP) is 3.95. The molecule has 2 aromatic carbocycles. The van der Waals surface area contributed by atoms with Gasteiger partial charge in [0.25, 0.3) is 5.91 Å². The molecule has 170 valence electrons. The van der Waals surface area contributed by atoms with E-state index in [1.807, 2.05) is 0 Å². The smallest absolute Gasteiger partial charge is 0.327 e. The van der Waals surface area contributed by atoms with Crippen LogP contribution in [0.3, 0.4) is 0 Å². The highest BCUT2D eigenvalue weighted by atomic mass is 16.2. The van der Waals surface area contributed by atoms with Crippen molar-refractivity contribution in [2.24, 2.45) is 0 Å². The van der Waals surface area contributed by atoms with Crippen LogP contribution < -0.4 is 4.90 Å². The van der Waals surface area contributed by atoms with Gasteiger partial charge in [0, 0.05) is 49.8 Å². The van der Waals surface area contributed by atoms with Crippen LogP contribution in [0, 0.1) is 0 Å². The molecule has 3 fully saturated rings. The van der Waals surface area contributed by atoms with Gasteiger partial charge >= 0.3 is 6.03 Å². The Morgan fingerprint density at radius 1 is 0.938 bits per heavy atom. The molecule has 0 radical (unpaired) electrons. The van der Waals surface area contributed by atoms with Crippen LogP contribution >= 0.6 is 0 Å². The van der Waals surface area contributed by atoms with Crippen molar-refractivity contribution in [2.75, 3.05) is 44.2 Å². The van der Waals surface area contributed by atoms with Gasteiger partial charge < -0.3 is 9.80 Å². The zero-order chi connectivity index (χ0) is 22.1. The lowest BCUT2D eigenvalue weighted by Gasteiger charge is -2.42. The van der Waals surface area contributed by atoms with Crippen LogP contribution in [0.2, 0.25) is 0 Å². The van der Waals surface area contributed by atoms with E-state index in [-0.39, 0.29) is 18.0 Å². The Balaban J connectivity index is 1.14.